The van der Waals surface area contributed by atoms with Crippen molar-refractivity contribution in [1.82, 2.24) is 4.57 Å². The highest BCUT2D eigenvalue weighted by Gasteiger charge is 2.30. The summed E-state index contributed by atoms with van der Waals surface area (Å²) in [6.45, 7) is 6.95. The van der Waals surface area contributed by atoms with E-state index in [1.165, 1.54) is 84.7 Å². The first kappa shape index (κ1) is 27.3. The van der Waals surface area contributed by atoms with Crippen LogP contribution in [0.2, 0.25) is 0 Å². The Kier molecular flexibility index (Phi) is 5.71. The second kappa shape index (κ2) is 9.84. The lowest BCUT2D eigenvalue weighted by Gasteiger charge is -2.22. The molecule has 0 amide bonds. The zero-order valence-corrected chi connectivity index (χ0v) is 28.2. The molecule has 0 saturated heterocycles. The molecule has 9 aromatic rings. The van der Waals surface area contributed by atoms with Gasteiger partial charge in [-0.05, 0) is 75.3 Å². The molecular formula is C42H31BN2S2. The third-order valence-corrected chi connectivity index (χ3v) is 12.3. The summed E-state index contributed by atoms with van der Waals surface area (Å²) < 4.78 is 8.13. The van der Waals surface area contributed by atoms with Crippen molar-refractivity contribution in [1.29, 1.82) is 0 Å². The lowest BCUT2D eigenvalue weighted by atomic mass is 9.63. The minimum absolute atomic E-state index is 0.0774. The van der Waals surface area contributed by atoms with Crippen LogP contribution in [0.4, 0.5) is 11.4 Å². The van der Waals surface area contributed by atoms with Crippen molar-refractivity contribution in [3.63, 3.8) is 0 Å². The molecule has 10 rings (SSSR count). The number of hydrogen-bond donors (Lipinski definition) is 1. The summed E-state index contributed by atoms with van der Waals surface area (Å²) in [4.78, 5) is 0. The van der Waals surface area contributed by atoms with E-state index in [1.54, 1.807) is 0 Å². The Balaban J connectivity index is 1.31. The molecule has 0 unspecified atom stereocenters. The van der Waals surface area contributed by atoms with Gasteiger partial charge in [0.1, 0.15) is 0 Å². The molecule has 2 nitrogen and oxygen atoms in total. The average molecular weight is 639 g/mol. The van der Waals surface area contributed by atoms with Gasteiger partial charge in [-0.2, -0.15) is 0 Å². The fraction of sp³-hybridized carbons (Fsp3) is 0.0952. The smallest absolute Gasteiger partial charge is 0.211 e. The maximum atomic E-state index is 3.72. The summed E-state index contributed by atoms with van der Waals surface area (Å²) in [5, 5.41) is 10.5. The zero-order chi connectivity index (χ0) is 31.4. The van der Waals surface area contributed by atoms with E-state index in [9.17, 15) is 0 Å². The van der Waals surface area contributed by atoms with E-state index in [2.05, 4.69) is 152 Å². The van der Waals surface area contributed by atoms with Crippen LogP contribution in [-0.2, 0) is 5.41 Å². The van der Waals surface area contributed by atoms with Gasteiger partial charge in [0.2, 0.25) is 7.28 Å². The number of thiophene rings is 2. The van der Waals surface area contributed by atoms with E-state index in [1.807, 2.05) is 22.7 Å². The third-order valence-electron chi connectivity index (χ3n) is 9.96. The Hall–Kier alpha value is -4.84. The molecule has 0 bridgehead atoms. The van der Waals surface area contributed by atoms with E-state index in [4.69, 9.17) is 0 Å². The fourth-order valence-corrected chi connectivity index (χ4v) is 9.99. The average Bonchev–Trinajstić information content (AvgIpc) is 3.74. The minimum atomic E-state index is 0.0774. The van der Waals surface area contributed by atoms with Crippen molar-refractivity contribution in [2.75, 3.05) is 5.32 Å². The maximum Gasteiger partial charge on any atom is 0.211 e. The molecule has 47 heavy (non-hydrogen) atoms. The predicted octanol–water partition coefficient (Wildman–Crippen LogP) is 10.8. The molecule has 1 N–H and O–H groups in total. The number of para-hydroxylation sites is 2. The summed E-state index contributed by atoms with van der Waals surface area (Å²) in [5.41, 5.74) is 11.6. The summed E-state index contributed by atoms with van der Waals surface area (Å²) in [6, 6.07) is 45.0. The van der Waals surface area contributed by atoms with Gasteiger partial charge in [-0.1, -0.05) is 93.6 Å². The van der Waals surface area contributed by atoms with Gasteiger partial charge in [-0.3, -0.25) is 0 Å². The number of fused-ring (bicyclic) bond motifs is 10. The number of anilines is 2. The van der Waals surface area contributed by atoms with Gasteiger partial charge >= 0.3 is 0 Å². The van der Waals surface area contributed by atoms with Gasteiger partial charge in [-0.15, -0.1) is 22.7 Å². The quantitative estimate of drug-likeness (QED) is 0.191. The van der Waals surface area contributed by atoms with Crippen molar-refractivity contribution in [3.8, 4) is 16.8 Å². The van der Waals surface area contributed by atoms with Crippen LogP contribution in [0.3, 0.4) is 0 Å². The number of rotatable bonds is 3. The SMILES string of the molecule is CC(C)(C)c1ccc2sc3c(c2c1)-n1c2cc4c(cc2c2ccc(-c5ccccc5Nc5ccccc5)c(c21)B3)sc1ccccc14. The summed E-state index contributed by atoms with van der Waals surface area (Å²) in [5.74, 6) is 0. The van der Waals surface area contributed by atoms with Gasteiger partial charge in [0.25, 0.3) is 0 Å². The molecule has 0 fully saturated rings. The van der Waals surface area contributed by atoms with Crippen LogP contribution >= 0.6 is 22.7 Å². The molecule has 0 atom stereocenters. The van der Waals surface area contributed by atoms with Crippen molar-refractivity contribution in [3.05, 3.63) is 127 Å². The summed E-state index contributed by atoms with van der Waals surface area (Å²) in [6.07, 6.45) is 0. The van der Waals surface area contributed by atoms with E-state index >= 15 is 0 Å². The third kappa shape index (κ3) is 4.03. The van der Waals surface area contributed by atoms with Crippen molar-refractivity contribution >= 4 is 104 Å². The molecule has 5 heteroatoms. The van der Waals surface area contributed by atoms with Crippen LogP contribution in [0.5, 0.6) is 0 Å². The second-order valence-electron chi connectivity index (χ2n) is 13.8. The molecule has 1 aliphatic heterocycles. The molecule has 1 aliphatic rings. The van der Waals surface area contributed by atoms with Gasteiger partial charge in [0.05, 0.1) is 11.2 Å². The number of hydrogen-bond acceptors (Lipinski definition) is 3. The van der Waals surface area contributed by atoms with Crippen LogP contribution in [0.1, 0.15) is 26.3 Å². The van der Waals surface area contributed by atoms with E-state index in [0.717, 1.165) is 18.7 Å². The zero-order valence-electron chi connectivity index (χ0n) is 26.5. The minimum Gasteiger partial charge on any atom is -0.355 e. The molecular weight excluding hydrogens is 607 g/mol. The van der Waals surface area contributed by atoms with Crippen molar-refractivity contribution in [2.24, 2.45) is 0 Å². The normalized spacial score (nSPS) is 12.7. The molecule has 3 aromatic heterocycles. The lowest BCUT2D eigenvalue weighted by Crippen LogP contribution is -2.35. The van der Waals surface area contributed by atoms with Gasteiger partial charge in [0.15, 0.2) is 0 Å². The largest absolute Gasteiger partial charge is 0.355 e. The Morgan fingerprint density at radius 1 is 0.596 bits per heavy atom. The number of aromatic nitrogens is 1. The van der Waals surface area contributed by atoms with Crippen molar-refractivity contribution in [2.45, 2.75) is 26.2 Å². The first-order valence-corrected chi connectivity index (χ1v) is 17.9. The Labute approximate surface area is 282 Å². The highest BCUT2D eigenvalue weighted by molar-refractivity contribution is 7.29. The summed E-state index contributed by atoms with van der Waals surface area (Å²) >= 11 is 3.87. The van der Waals surface area contributed by atoms with Crippen LogP contribution < -0.4 is 15.6 Å². The topological polar surface area (TPSA) is 17.0 Å². The molecule has 6 aromatic carbocycles. The number of nitrogens with one attached hydrogen (secondary N) is 1. The van der Waals surface area contributed by atoms with Gasteiger partial charge in [0, 0.05) is 63.5 Å². The standard InChI is InChI=1S/C42H31BN2S2/c1-42(2,3)24-17-20-36-32(21-24)40-41(47-36)43-38-28(26-13-7-9-15-33(26)44-25-11-5-4-6-12-25)18-19-29-30-23-37-31(22-34(30)45(40)39(29)38)27-14-8-10-16-35(27)46-37/h4-23,43-44H,1-3H3. The maximum absolute atomic E-state index is 3.72. The number of benzene rings is 6. The molecule has 0 spiro atoms. The fourth-order valence-electron chi connectivity index (χ4n) is 7.69. The Morgan fingerprint density at radius 2 is 1.38 bits per heavy atom. The second-order valence-corrected chi connectivity index (χ2v) is 16.1. The Morgan fingerprint density at radius 3 is 2.26 bits per heavy atom. The first-order chi connectivity index (χ1) is 22.9. The van der Waals surface area contributed by atoms with Crippen LogP contribution in [0.25, 0.3) is 68.9 Å². The monoisotopic (exact) mass is 638 g/mol. The van der Waals surface area contributed by atoms with E-state index in [0.29, 0.717) is 0 Å². The highest BCUT2D eigenvalue weighted by atomic mass is 32.1. The van der Waals surface area contributed by atoms with Crippen LogP contribution in [0.15, 0.2) is 121 Å². The van der Waals surface area contributed by atoms with Crippen molar-refractivity contribution < 1.29 is 0 Å². The highest BCUT2D eigenvalue weighted by Crippen LogP contribution is 2.44. The van der Waals surface area contributed by atoms with E-state index in [-0.39, 0.29) is 5.41 Å². The van der Waals surface area contributed by atoms with Gasteiger partial charge < -0.3 is 9.88 Å². The van der Waals surface area contributed by atoms with Crippen LogP contribution in [-0.4, -0.2) is 11.8 Å². The molecule has 0 radical (unpaired) electrons. The predicted molar refractivity (Wildman–Crippen MR) is 209 cm³/mol. The summed E-state index contributed by atoms with van der Waals surface area (Å²) in [7, 11) is 0.916. The number of nitrogens with zero attached hydrogens (tertiary/aromatic N) is 1. The van der Waals surface area contributed by atoms with E-state index < -0.39 is 0 Å². The molecule has 4 heterocycles. The Bertz CT molecular complexity index is 2720. The van der Waals surface area contributed by atoms with Gasteiger partial charge in [-0.25, -0.2) is 0 Å². The molecule has 224 valence electrons. The first-order valence-electron chi connectivity index (χ1n) is 16.3. The molecule has 0 aliphatic carbocycles. The molecule has 0 saturated carbocycles. The lowest BCUT2D eigenvalue weighted by molar-refractivity contribution is 0.591. The van der Waals surface area contributed by atoms with Crippen LogP contribution in [0, 0.1) is 0 Å².